The zero-order valence-corrected chi connectivity index (χ0v) is 14.2. The van der Waals surface area contributed by atoms with E-state index in [0.717, 1.165) is 37.9 Å². The standard InChI is InChI=1S/C17H25ClN2O/c1-5-6-9-20(13-7-8-13)16(21)12-10-14(17(2,3)4)19-15(18)11-12/h10-11,13H,5-9H2,1-4H3. The van der Waals surface area contributed by atoms with Gasteiger partial charge in [-0.2, -0.15) is 0 Å². The van der Waals surface area contributed by atoms with Gasteiger partial charge in [0, 0.05) is 29.3 Å². The van der Waals surface area contributed by atoms with Crippen LogP contribution in [0.25, 0.3) is 0 Å². The van der Waals surface area contributed by atoms with Gasteiger partial charge in [-0.1, -0.05) is 45.7 Å². The van der Waals surface area contributed by atoms with Gasteiger partial charge in [0.15, 0.2) is 0 Å². The van der Waals surface area contributed by atoms with Crippen molar-refractivity contribution < 1.29 is 4.79 Å². The van der Waals surface area contributed by atoms with Crippen LogP contribution in [-0.4, -0.2) is 28.4 Å². The maximum atomic E-state index is 12.8. The first kappa shape index (κ1) is 16.3. The van der Waals surface area contributed by atoms with Crippen molar-refractivity contribution in [2.45, 2.75) is 64.8 Å². The van der Waals surface area contributed by atoms with Crippen molar-refractivity contribution in [2.75, 3.05) is 6.54 Å². The monoisotopic (exact) mass is 308 g/mol. The van der Waals surface area contributed by atoms with E-state index < -0.39 is 0 Å². The summed E-state index contributed by atoms with van der Waals surface area (Å²) in [6.45, 7) is 9.22. The maximum absolute atomic E-state index is 12.8. The summed E-state index contributed by atoms with van der Waals surface area (Å²) >= 11 is 6.12. The van der Waals surface area contributed by atoms with E-state index in [-0.39, 0.29) is 11.3 Å². The quantitative estimate of drug-likeness (QED) is 0.754. The normalized spacial score (nSPS) is 15.1. The molecule has 0 aromatic carbocycles. The van der Waals surface area contributed by atoms with E-state index in [2.05, 4.69) is 32.7 Å². The molecule has 1 amide bonds. The molecular formula is C17H25ClN2O. The van der Waals surface area contributed by atoms with E-state index in [1.165, 1.54) is 0 Å². The van der Waals surface area contributed by atoms with Crippen LogP contribution >= 0.6 is 11.6 Å². The molecule has 1 aliphatic rings. The number of halogens is 1. The molecule has 1 heterocycles. The fourth-order valence-electron chi connectivity index (χ4n) is 2.34. The average molecular weight is 309 g/mol. The predicted molar refractivity (Wildman–Crippen MR) is 86.9 cm³/mol. The van der Waals surface area contributed by atoms with Crippen molar-refractivity contribution in [3.8, 4) is 0 Å². The van der Waals surface area contributed by atoms with Gasteiger partial charge >= 0.3 is 0 Å². The topological polar surface area (TPSA) is 33.2 Å². The summed E-state index contributed by atoms with van der Waals surface area (Å²) in [5.74, 6) is 0.0979. The van der Waals surface area contributed by atoms with Crippen LogP contribution < -0.4 is 0 Å². The molecule has 1 aromatic heterocycles. The molecule has 0 bridgehead atoms. The highest BCUT2D eigenvalue weighted by Gasteiger charge is 2.33. The Hall–Kier alpha value is -1.09. The number of hydrogen-bond acceptors (Lipinski definition) is 2. The van der Waals surface area contributed by atoms with E-state index in [1.807, 2.05) is 11.0 Å². The summed E-state index contributed by atoms with van der Waals surface area (Å²) in [6, 6.07) is 4.02. The molecule has 1 aliphatic carbocycles. The number of unbranched alkanes of at least 4 members (excludes halogenated alkanes) is 1. The molecule has 1 fully saturated rings. The van der Waals surface area contributed by atoms with E-state index >= 15 is 0 Å². The summed E-state index contributed by atoms with van der Waals surface area (Å²) in [6.07, 6.45) is 4.40. The number of nitrogens with zero attached hydrogens (tertiary/aromatic N) is 2. The number of amides is 1. The predicted octanol–water partition coefficient (Wildman–Crippen LogP) is 4.44. The van der Waals surface area contributed by atoms with Crippen molar-refractivity contribution in [3.05, 3.63) is 28.5 Å². The lowest BCUT2D eigenvalue weighted by Gasteiger charge is -2.24. The molecule has 116 valence electrons. The van der Waals surface area contributed by atoms with Gasteiger partial charge in [-0.3, -0.25) is 4.79 Å². The summed E-state index contributed by atoms with van der Waals surface area (Å²) < 4.78 is 0. The van der Waals surface area contributed by atoms with Gasteiger partial charge in [0.1, 0.15) is 5.15 Å². The Kier molecular flexibility index (Phi) is 4.92. The number of rotatable bonds is 5. The third kappa shape index (κ3) is 4.19. The Balaban J connectivity index is 2.26. The molecule has 0 radical (unpaired) electrons. The molecule has 0 spiro atoms. The Morgan fingerprint density at radius 3 is 2.57 bits per heavy atom. The molecule has 4 heteroatoms. The lowest BCUT2D eigenvalue weighted by Crippen LogP contribution is -2.34. The number of hydrogen-bond donors (Lipinski definition) is 0. The molecule has 1 aromatic rings. The van der Waals surface area contributed by atoms with Gasteiger partial charge in [0.05, 0.1) is 0 Å². The molecule has 2 rings (SSSR count). The fourth-order valence-corrected chi connectivity index (χ4v) is 2.54. The van der Waals surface area contributed by atoms with Crippen LogP contribution in [0.3, 0.4) is 0 Å². The number of aromatic nitrogens is 1. The molecule has 3 nitrogen and oxygen atoms in total. The van der Waals surface area contributed by atoms with E-state index in [0.29, 0.717) is 16.8 Å². The van der Waals surface area contributed by atoms with Gasteiger partial charge in [0.2, 0.25) is 0 Å². The van der Waals surface area contributed by atoms with Crippen molar-refractivity contribution in [1.82, 2.24) is 9.88 Å². The second-order valence-corrected chi connectivity index (χ2v) is 7.28. The average Bonchev–Trinajstić information content (AvgIpc) is 3.22. The van der Waals surface area contributed by atoms with E-state index in [1.54, 1.807) is 6.07 Å². The Morgan fingerprint density at radius 2 is 2.05 bits per heavy atom. The maximum Gasteiger partial charge on any atom is 0.254 e. The first-order valence-corrected chi connectivity index (χ1v) is 8.19. The summed E-state index contributed by atoms with van der Waals surface area (Å²) in [4.78, 5) is 19.2. The van der Waals surface area contributed by atoms with E-state index in [9.17, 15) is 4.79 Å². The van der Waals surface area contributed by atoms with Crippen LogP contribution in [0.15, 0.2) is 12.1 Å². The second kappa shape index (κ2) is 6.35. The molecule has 0 saturated heterocycles. The van der Waals surface area contributed by atoms with Crippen molar-refractivity contribution in [1.29, 1.82) is 0 Å². The number of carbonyl (C=O) groups is 1. The number of carbonyl (C=O) groups excluding carboxylic acids is 1. The molecule has 21 heavy (non-hydrogen) atoms. The van der Waals surface area contributed by atoms with Gasteiger partial charge < -0.3 is 4.90 Å². The SMILES string of the molecule is CCCCN(C(=O)c1cc(Cl)nc(C(C)(C)C)c1)C1CC1. The van der Waals surface area contributed by atoms with Gasteiger partial charge in [-0.15, -0.1) is 0 Å². The van der Waals surface area contributed by atoms with E-state index in [4.69, 9.17) is 11.6 Å². The van der Waals surface area contributed by atoms with Crippen LogP contribution in [0.2, 0.25) is 5.15 Å². The zero-order chi connectivity index (χ0) is 15.6. The lowest BCUT2D eigenvalue weighted by molar-refractivity contribution is 0.0740. The highest BCUT2D eigenvalue weighted by atomic mass is 35.5. The lowest BCUT2D eigenvalue weighted by atomic mass is 9.90. The highest BCUT2D eigenvalue weighted by molar-refractivity contribution is 6.29. The van der Waals surface area contributed by atoms with Crippen LogP contribution in [0, 0.1) is 0 Å². The third-order valence-electron chi connectivity index (χ3n) is 3.81. The largest absolute Gasteiger partial charge is 0.336 e. The van der Waals surface area contributed by atoms with Crippen LogP contribution in [0.5, 0.6) is 0 Å². The van der Waals surface area contributed by atoms with Crippen LogP contribution in [0.1, 0.15) is 69.4 Å². The smallest absolute Gasteiger partial charge is 0.254 e. The summed E-state index contributed by atoms with van der Waals surface area (Å²) in [5, 5.41) is 0.400. The van der Waals surface area contributed by atoms with Gasteiger partial charge in [0.25, 0.3) is 5.91 Å². The first-order chi connectivity index (χ1) is 9.82. The Bertz CT molecular complexity index is 518. The second-order valence-electron chi connectivity index (χ2n) is 6.90. The molecule has 0 unspecified atom stereocenters. The molecule has 0 aliphatic heterocycles. The van der Waals surface area contributed by atoms with Crippen LogP contribution in [0.4, 0.5) is 0 Å². The van der Waals surface area contributed by atoms with Crippen molar-refractivity contribution in [2.24, 2.45) is 0 Å². The number of pyridine rings is 1. The minimum absolute atomic E-state index is 0.0979. The zero-order valence-electron chi connectivity index (χ0n) is 13.4. The molecule has 1 saturated carbocycles. The first-order valence-electron chi connectivity index (χ1n) is 7.82. The molecule has 0 atom stereocenters. The minimum Gasteiger partial charge on any atom is -0.336 e. The third-order valence-corrected chi connectivity index (χ3v) is 4.00. The summed E-state index contributed by atoms with van der Waals surface area (Å²) in [7, 11) is 0. The minimum atomic E-state index is -0.117. The molecular weight excluding hydrogens is 284 g/mol. The Labute approximate surface area is 132 Å². The van der Waals surface area contributed by atoms with Crippen molar-refractivity contribution in [3.63, 3.8) is 0 Å². The van der Waals surface area contributed by atoms with Gasteiger partial charge in [-0.05, 0) is 31.4 Å². The van der Waals surface area contributed by atoms with Crippen LogP contribution in [-0.2, 0) is 5.41 Å². The Morgan fingerprint density at radius 1 is 1.38 bits per heavy atom. The van der Waals surface area contributed by atoms with Gasteiger partial charge in [-0.25, -0.2) is 4.98 Å². The molecule has 0 N–H and O–H groups in total. The van der Waals surface area contributed by atoms with Crippen molar-refractivity contribution >= 4 is 17.5 Å². The summed E-state index contributed by atoms with van der Waals surface area (Å²) in [5.41, 5.74) is 1.42. The highest BCUT2D eigenvalue weighted by Crippen LogP contribution is 2.30. The fraction of sp³-hybridized carbons (Fsp3) is 0.647.